The number of hydrogen-bond donors (Lipinski definition) is 1. The van der Waals surface area contributed by atoms with Gasteiger partial charge in [-0.25, -0.2) is 0 Å². The average molecular weight is 179 g/mol. The molecule has 72 valence electrons. The SMILES string of the molecule is C=C/C=C(\C=C)CCCCC(N)=O. The van der Waals surface area contributed by atoms with Crippen molar-refractivity contribution in [2.45, 2.75) is 25.7 Å². The summed E-state index contributed by atoms with van der Waals surface area (Å²) in [6, 6.07) is 0. The lowest BCUT2D eigenvalue weighted by atomic mass is 10.1. The summed E-state index contributed by atoms with van der Waals surface area (Å²) in [5.41, 5.74) is 6.16. The molecule has 2 N–H and O–H groups in total. The van der Waals surface area contributed by atoms with E-state index in [9.17, 15) is 4.79 Å². The molecule has 0 aromatic rings. The van der Waals surface area contributed by atoms with Gasteiger partial charge in [-0.15, -0.1) is 0 Å². The van der Waals surface area contributed by atoms with E-state index < -0.39 is 0 Å². The number of amides is 1. The fourth-order valence-electron chi connectivity index (χ4n) is 1.03. The van der Waals surface area contributed by atoms with Crippen molar-refractivity contribution < 1.29 is 4.79 Å². The first-order valence-corrected chi connectivity index (χ1v) is 4.43. The van der Waals surface area contributed by atoms with Crippen molar-refractivity contribution in [1.29, 1.82) is 0 Å². The predicted octanol–water partition coefficient (Wildman–Crippen LogP) is 2.33. The van der Waals surface area contributed by atoms with Crippen LogP contribution in [-0.2, 0) is 4.79 Å². The molecule has 0 radical (unpaired) electrons. The first-order valence-electron chi connectivity index (χ1n) is 4.43. The highest BCUT2D eigenvalue weighted by Gasteiger charge is 1.95. The molecule has 13 heavy (non-hydrogen) atoms. The van der Waals surface area contributed by atoms with E-state index >= 15 is 0 Å². The predicted molar refractivity (Wildman–Crippen MR) is 56.1 cm³/mol. The summed E-state index contributed by atoms with van der Waals surface area (Å²) >= 11 is 0. The maximum atomic E-state index is 10.4. The average Bonchev–Trinajstić information content (AvgIpc) is 2.10. The summed E-state index contributed by atoms with van der Waals surface area (Å²) in [5.74, 6) is -0.229. The topological polar surface area (TPSA) is 43.1 Å². The molecule has 1 amide bonds. The smallest absolute Gasteiger partial charge is 0.217 e. The van der Waals surface area contributed by atoms with Crippen molar-refractivity contribution in [3.8, 4) is 0 Å². The molecule has 2 nitrogen and oxygen atoms in total. The van der Waals surface area contributed by atoms with Crippen molar-refractivity contribution in [1.82, 2.24) is 0 Å². The number of unbranched alkanes of at least 4 members (excludes halogenated alkanes) is 1. The highest BCUT2D eigenvalue weighted by Crippen LogP contribution is 2.09. The van der Waals surface area contributed by atoms with Crippen molar-refractivity contribution in [3.05, 3.63) is 37.0 Å². The third kappa shape index (κ3) is 7.06. The van der Waals surface area contributed by atoms with E-state index in [-0.39, 0.29) is 5.91 Å². The van der Waals surface area contributed by atoms with E-state index in [2.05, 4.69) is 13.2 Å². The van der Waals surface area contributed by atoms with Crippen molar-refractivity contribution in [3.63, 3.8) is 0 Å². The molecule has 2 heteroatoms. The number of carbonyl (C=O) groups excluding carboxylic acids is 1. The molecule has 0 saturated carbocycles. The Hall–Kier alpha value is -1.31. The summed E-state index contributed by atoms with van der Waals surface area (Å²) < 4.78 is 0. The number of primary amides is 1. The van der Waals surface area contributed by atoms with E-state index in [4.69, 9.17) is 5.73 Å². The standard InChI is InChI=1S/C11H17NO/c1-3-7-10(4-2)8-5-6-9-11(12)13/h3-4,7H,1-2,5-6,8-9H2,(H2,12,13)/b10-7+. The first-order chi connectivity index (χ1) is 6.20. The molecule has 0 saturated heterocycles. The van der Waals surface area contributed by atoms with Crippen LogP contribution in [0.2, 0.25) is 0 Å². The van der Waals surface area contributed by atoms with Gasteiger partial charge >= 0.3 is 0 Å². The Balaban J connectivity index is 3.61. The molecule has 0 unspecified atom stereocenters. The van der Waals surface area contributed by atoms with Gasteiger partial charge in [0.05, 0.1) is 0 Å². The molecule has 0 spiro atoms. The second kappa shape index (κ2) is 7.35. The monoisotopic (exact) mass is 179 g/mol. The maximum absolute atomic E-state index is 10.4. The van der Waals surface area contributed by atoms with Gasteiger partial charge in [-0.3, -0.25) is 4.79 Å². The van der Waals surface area contributed by atoms with Crippen LogP contribution in [0.25, 0.3) is 0 Å². The molecule has 0 fully saturated rings. The van der Waals surface area contributed by atoms with E-state index in [1.165, 1.54) is 0 Å². The van der Waals surface area contributed by atoms with E-state index in [1.54, 1.807) is 6.08 Å². The quantitative estimate of drug-likeness (QED) is 0.473. The number of hydrogen-bond acceptors (Lipinski definition) is 1. The highest BCUT2D eigenvalue weighted by atomic mass is 16.1. The first kappa shape index (κ1) is 11.7. The van der Waals surface area contributed by atoms with Crippen molar-refractivity contribution >= 4 is 5.91 Å². The maximum Gasteiger partial charge on any atom is 0.217 e. The summed E-state index contributed by atoms with van der Waals surface area (Å²) in [6.45, 7) is 7.29. The Morgan fingerprint density at radius 3 is 2.31 bits per heavy atom. The Kier molecular flexibility index (Phi) is 6.60. The molecule has 0 aliphatic rings. The van der Waals surface area contributed by atoms with Crippen LogP contribution in [-0.4, -0.2) is 5.91 Å². The largest absolute Gasteiger partial charge is 0.370 e. The Morgan fingerprint density at radius 2 is 1.85 bits per heavy atom. The highest BCUT2D eigenvalue weighted by molar-refractivity contribution is 5.73. The minimum absolute atomic E-state index is 0.229. The summed E-state index contributed by atoms with van der Waals surface area (Å²) in [6.07, 6.45) is 8.70. The molecular formula is C11H17NO. The van der Waals surface area contributed by atoms with Gasteiger partial charge in [0.1, 0.15) is 0 Å². The van der Waals surface area contributed by atoms with Gasteiger partial charge in [0.25, 0.3) is 0 Å². The Labute approximate surface area is 79.8 Å². The molecule has 0 aliphatic heterocycles. The van der Waals surface area contributed by atoms with Gasteiger partial charge in [0.15, 0.2) is 0 Å². The zero-order valence-electron chi connectivity index (χ0n) is 7.96. The van der Waals surface area contributed by atoms with E-state index in [1.807, 2.05) is 12.2 Å². The zero-order chi connectivity index (χ0) is 10.1. The van der Waals surface area contributed by atoms with Crippen LogP contribution in [0.4, 0.5) is 0 Å². The van der Waals surface area contributed by atoms with E-state index in [0.717, 1.165) is 24.8 Å². The number of rotatable bonds is 7. The van der Waals surface area contributed by atoms with Crippen LogP contribution in [0.5, 0.6) is 0 Å². The Morgan fingerprint density at radius 1 is 1.23 bits per heavy atom. The third-order valence-corrected chi connectivity index (χ3v) is 1.73. The number of allylic oxidation sites excluding steroid dienone is 4. The van der Waals surface area contributed by atoms with Crippen LogP contribution >= 0.6 is 0 Å². The van der Waals surface area contributed by atoms with Gasteiger partial charge in [-0.1, -0.05) is 31.4 Å². The zero-order valence-corrected chi connectivity index (χ0v) is 7.96. The molecule has 0 heterocycles. The van der Waals surface area contributed by atoms with Crippen LogP contribution in [0, 0.1) is 0 Å². The fourth-order valence-corrected chi connectivity index (χ4v) is 1.03. The molecule has 0 atom stereocenters. The van der Waals surface area contributed by atoms with Crippen molar-refractivity contribution in [2.24, 2.45) is 5.73 Å². The molecule has 0 aromatic heterocycles. The van der Waals surface area contributed by atoms with Crippen molar-refractivity contribution in [2.75, 3.05) is 0 Å². The van der Waals surface area contributed by atoms with Gasteiger partial charge in [0.2, 0.25) is 5.91 Å². The lowest BCUT2D eigenvalue weighted by molar-refractivity contribution is -0.118. The summed E-state index contributed by atoms with van der Waals surface area (Å²) in [4.78, 5) is 10.4. The lowest BCUT2D eigenvalue weighted by Crippen LogP contribution is -2.09. The van der Waals surface area contributed by atoms with Crippen LogP contribution < -0.4 is 5.73 Å². The molecule has 0 bridgehead atoms. The molecule has 0 aromatic carbocycles. The van der Waals surface area contributed by atoms with Gasteiger partial charge in [-0.2, -0.15) is 0 Å². The fraction of sp³-hybridized carbons (Fsp3) is 0.364. The number of nitrogens with two attached hydrogens (primary N) is 1. The second-order valence-corrected chi connectivity index (χ2v) is 2.85. The van der Waals surface area contributed by atoms with Gasteiger partial charge < -0.3 is 5.73 Å². The van der Waals surface area contributed by atoms with Crippen LogP contribution in [0.15, 0.2) is 37.0 Å². The molecule has 0 rings (SSSR count). The van der Waals surface area contributed by atoms with Gasteiger partial charge in [0, 0.05) is 6.42 Å². The lowest BCUT2D eigenvalue weighted by Gasteiger charge is -1.99. The molecule has 0 aliphatic carbocycles. The van der Waals surface area contributed by atoms with Crippen LogP contribution in [0.3, 0.4) is 0 Å². The summed E-state index contributed by atoms with van der Waals surface area (Å²) in [7, 11) is 0. The molecular weight excluding hydrogens is 162 g/mol. The summed E-state index contributed by atoms with van der Waals surface area (Å²) in [5, 5.41) is 0. The minimum Gasteiger partial charge on any atom is -0.370 e. The van der Waals surface area contributed by atoms with Crippen LogP contribution in [0.1, 0.15) is 25.7 Å². The second-order valence-electron chi connectivity index (χ2n) is 2.85. The Bertz CT molecular complexity index is 216. The van der Waals surface area contributed by atoms with Gasteiger partial charge in [-0.05, 0) is 24.8 Å². The minimum atomic E-state index is -0.229. The normalized spacial score (nSPS) is 10.9. The number of carbonyl (C=O) groups is 1. The third-order valence-electron chi connectivity index (χ3n) is 1.73. The van der Waals surface area contributed by atoms with E-state index in [0.29, 0.717) is 6.42 Å².